The highest BCUT2D eigenvalue weighted by Gasteiger charge is 2.28. The first kappa shape index (κ1) is 32.9. The van der Waals surface area contributed by atoms with E-state index in [9.17, 15) is 29.3 Å². The van der Waals surface area contributed by atoms with Crippen molar-refractivity contribution >= 4 is 68.9 Å². The van der Waals surface area contributed by atoms with E-state index >= 15 is 0 Å². The molecule has 0 bridgehead atoms. The molecule has 0 aliphatic rings. The largest absolute Gasteiger partial charge is 0.462 e. The fourth-order valence-electron chi connectivity index (χ4n) is 4.27. The highest BCUT2D eigenvalue weighted by molar-refractivity contribution is 8.00. The lowest BCUT2D eigenvalue weighted by Gasteiger charge is -2.15. The Morgan fingerprint density at radius 3 is 2.27 bits per heavy atom. The van der Waals surface area contributed by atoms with Gasteiger partial charge in [-0.2, -0.15) is 0 Å². The zero-order chi connectivity index (χ0) is 32.5. The van der Waals surface area contributed by atoms with Crippen LogP contribution in [0.4, 0.5) is 22.1 Å². The van der Waals surface area contributed by atoms with E-state index in [1.165, 1.54) is 36.0 Å². The standard InChI is InChI=1S/C32H30N4O7S2/c1-4-25(44-24-16-10-14-22(18-24)34-28(37)20-11-9-15-23(17-20)36(41)42)29(38)35-31-26(32(40)43-5-2)19(3)27(45-31)30(39)33-21-12-7-6-8-13-21/h6-18,25H,4-5H2,1-3H3,(H,33,39)(H,34,37)(H,35,38). The van der Waals surface area contributed by atoms with E-state index < -0.39 is 28.0 Å². The number of rotatable bonds is 12. The Hall–Kier alpha value is -5.01. The summed E-state index contributed by atoms with van der Waals surface area (Å²) in [7, 11) is 0. The highest BCUT2D eigenvalue weighted by Crippen LogP contribution is 2.36. The van der Waals surface area contributed by atoms with Crippen molar-refractivity contribution in [1.29, 1.82) is 0 Å². The van der Waals surface area contributed by atoms with Crippen molar-refractivity contribution in [2.24, 2.45) is 0 Å². The van der Waals surface area contributed by atoms with Gasteiger partial charge in [0.15, 0.2) is 0 Å². The summed E-state index contributed by atoms with van der Waals surface area (Å²) < 4.78 is 5.23. The topological polar surface area (TPSA) is 157 Å². The van der Waals surface area contributed by atoms with Crippen LogP contribution in [-0.2, 0) is 9.53 Å². The molecular formula is C32H30N4O7S2. The van der Waals surface area contributed by atoms with E-state index in [0.717, 1.165) is 11.3 Å². The molecule has 4 aromatic rings. The summed E-state index contributed by atoms with van der Waals surface area (Å²) in [5.74, 6) is -1.96. The van der Waals surface area contributed by atoms with Crippen molar-refractivity contribution in [2.75, 3.05) is 22.6 Å². The van der Waals surface area contributed by atoms with Crippen LogP contribution in [0.3, 0.4) is 0 Å². The number of thiophene rings is 1. The van der Waals surface area contributed by atoms with Gasteiger partial charge in [0.2, 0.25) is 5.91 Å². The van der Waals surface area contributed by atoms with Crippen LogP contribution in [0, 0.1) is 17.0 Å². The number of carbonyl (C=O) groups is 4. The lowest BCUT2D eigenvalue weighted by atomic mass is 10.1. The van der Waals surface area contributed by atoms with Crippen molar-refractivity contribution in [3.05, 3.63) is 111 Å². The zero-order valence-corrected chi connectivity index (χ0v) is 26.3. The second kappa shape index (κ2) is 15.1. The number of non-ortho nitro benzene ring substituents is 1. The van der Waals surface area contributed by atoms with Crippen LogP contribution < -0.4 is 16.0 Å². The number of carbonyl (C=O) groups excluding carboxylic acids is 4. The van der Waals surface area contributed by atoms with Crippen molar-refractivity contribution in [2.45, 2.75) is 37.3 Å². The number of esters is 1. The highest BCUT2D eigenvalue weighted by atomic mass is 32.2. The number of nitrogens with one attached hydrogen (secondary N) is 3. The molecule has 4 rings (SSSR count). The van der Waals surface area contributed by atoms with Gasteiger partial charge in [0.25, 0.3) is 17.5 Å². The van der Waals surface area contributed by atoms with Crippen molar-refractivity contribution in [3.8, 4) is 0 Å². The molecular weight excluding hydrogens is 617 g/mol. The van der Waals surface area contributed by atoms with Gasteiger partial charge in [0.05, 0.1) is 27.2 Å². The summed E-state index contributed by atoms with van der Waals surface area (Å²) >= 11 is 2.26. The number of ether oxygens (including phenoxy) is 1. The molecule has 0 saturated carbocycles. The van der Waals surface area contributed by atoms with Crippen LogP contribution in [-0.4, -0.2) is 40.5 Å². The van der Waals surface area contributed by atoms with Gasteiger partial charge in [-0.3, -0.25) is 24.5 Å². The Kier molecular flexibility index (Phi) is 11.1. The zero-order valence-electron chi connectivity index (χ0n) is 24.6. The van der Waals surface area contributed by atoms with Crippen LogP contribution in [0.25, 0.3) is 0 Å². The summed E-state index contributed by atoms with van der Waals surface area (Å²) in [6, 6.07) is 21.2. The van der Waals surface area contributed by atoms with Crippen LogP contribution in [0.1, 0.15) is 56.2 Å². The first-order chi connectivity index (χ1) is 21.6. The van der Waals surface area contributed by atoms with E-state index in [-0.39, 0.29) is 39.2 Å². The van der Waals surface area contributed by atoms with Gasteiger partial charge in [0.1, 0.15) is 5.00 Å². The molecule has 1 atom stereocenters. The number of benzene rings is 3. The Labute approximate surface area is 267 Å². The fourth-order valence-corrected chi connectivity index (χ4v) is 6.37. The van der Waals surface area contributed by atoms with Gasteiger partial charge < -0.3 is 20.7 Å². The van der Waals surface area contributed by atoms with Crippen LogP contribution in [0.5, 0.6) is 0 Å². The number of nitro benzene ring substituents is 1. The molecule has 0 fully saturated rings. The Bertz CT molecular complexity index is 1740. The number of hydrogen-bond acceptors (Lipinski definition) is 9. The molecule has 1 unspecified atom stereocenters. The number of amides is 3. The van der Waals surface area contributed by atoms with Gasteiger partial charge in [-0.1, -0.05) is 37.3 Å². The van der Waals surface area contributed by atoms with Gasteiger partial charge >= 0.3 is 5.97 Å². The Balaban J connectivity index is 1.51. The summed E-state index contributed by atoms with van der Waals surface area (Å²) in [5.41, 5.74) is 1.49. The SMILES string of the molecule is CCOC(=O)c1c(NC(=O)C(CC)Sc2cccc(NC(=O)c3cccc([N+](=O)[O-])c3)c2)sc(C(=O)Nc2ccccc2)c1C. The number of nitro groups is 1. The predicted molar refractivity (Wildman–Crippen MR) is 175 cm³/mol. The normalized spacial score (nSPS) is 11.3. The molecule has 11 nitrogen and oxygen atoms in total. The van der Waals surface area contributed by atoms with Gasteiger partial charge in [0, 0.05) is 34.0 Å². The second-order valence-corrected chi connectivity index (χ2v) is 11.9. The van der Waals surface area contributed by atoms with E-state index in [1.807, 2.05) is 13.0 Å². The minimum Gasteiger partial charge on any atom is -0.462 e. The molecule has 0 radical (unpaired) electrons. The average Bonchev–Trinajstić information content (AvgIpc) is 3.35. The number of thioether (sulfide) groups is 1. The summed E-state index contributed by atoms with van der Waals surface area (Å²) in [4.78, 5) is 63.7. The summed E-state index contributed by atoms with van der Waals surface area (Å²) in [6.45, 7) is 5.27. The average molecular weight is 647 g/mol. The fraction of sp³-hybridized carbons (Fsp3) is 0.188. The minimum absolute atomic E-state index is 0.120. The number of para-hydroxylation sites is 1. The third kappa shape index (κ3) is 8.34. The molecule has 0 spiro atoms. The monoisotopic (exact) mass is 646 g/mol. The molecule has 0 aliphatic heterocycles. The number of nitrogens with zero attached hydrogens (tertiary/aromatic N) is 1. The van der Waals surface area contributed by atoms with Crippen LogP contribution in [0.15, 0.2) is 83.8 Å². The molecule has 0 saturated heterocycles. The Morgan fingerprint density at radius 1 is 0.889 bits per heavy atom. The van der Waals surface area contributed by atoms with Crippen molar-refractivity contribution in [3.63, 3.8) is 0 Å². The lowest BCUT2D eigenvalue weighted by Crippen LogP contribution is -2.25. The lowest BCUT2D eigenvalue weighted by molar-refractivity contribution is -0.384. The first-order valence-corrected chi connectivity index (χ1v) is 15.6. The molecule has 3 amide bonds. The minimum atomic E-state index is -0.645. The maximum absolute atomic E-state index is 13.5. The maximum Gasteiger partial charge on any atom is 0.341 e. The number of hydrogen-bond donors (Lipinski definition) is 3. The van der Waals surface area contributed by atoms with Gasteiger partial charge in [-0.15, -0.1) is 23.1 Å². The predicted octanol–water partition coefficient (Wildman–Crippen LogP) is 7.16. The third-order valence-electron chi connectivity index (χ3n) is 6.45. The van der Waals surface area contributed by atoms with Crippen molar-refractivity contribution in [1.82, 2.24) is 0 Å². The molecule has 1 aromatic heterocycles. The molecule has 13 heteroatoms. The van der Waals surface area contributed by atoms with E-state index in [1.54, 1.807) is 62.4 Å². The van der Waals surface area contributed by atoms with E-state index in [4.69, 9.17) is 4.74 Å². The molecule has 3 N–H and O–H groups in total. The molecule has 0 aliphatic carbocycles. The Morgan fingerprint density at radius 2 is 1.58 bits per heavy atom. The van der Waals surface area contributed by atoms with Crippen LogP contribution in [0.2, 0.25) is 0 Å². The quantitative estimate of drug-likeness (QED) is 0.0634. The first-order valence-electron chi connectivity index (χ1n) is 13.9. The second-order valence-electron chi connectivity index (χ2n) is 9.59. The molecule has 232 valence electrons. The molecule has 1 heterocycles. The smallest absolute Gasteiger partial charge is 0.341 e. The van der Waals surface area contributed by atoms with Crippen molar-refractivity contribution < 1.29 is 28.8 Å². The molecule has 45 heavy (non-hydrogen) atoms. The maximum atomic E-state index is 13.5. The third-order valence-corrected chi connectivity index (χ3v) is 9.02. The summed E-state index contributed by atoms with van der Waals surface area (Å²) in [5, 5.41) is 19.1. The molecule has 3 aromatic carbocycles. The number of anilines is 3. The van der Waals surface area contributed by atoms with E-state index in [0.29, 0.717) is 28.3 Å². The van der Waals surface area contributed by atoms with Gasteiger partial charge in [-0.25, -0.2) is 4.79 Å². The van der Waals surface area contributed by atoms with Gasteiger partial charge in [-0.05, 0) is 62.2 Å². The van der Waals surface area contributed by atoms with E-state index in [2.05, 4.69) is 16.0 Å². The summed E-state index contributed by atoms with van der Waals surface area (Å²) in [6.07, 6.45) is 0.432. The van der Waals surface area contributed by atoms with Crippen LogP contribution >= 0.6 is 23.1 Å².